The van der Waals surface area contributed by atoms with Gasteiger partial charge in [0.05, 0.1) is 6.54 Å². The van der Waals surface area contributed by atoms with Crippen LogP contribution in [0.5, 0.6) is 0 Å². The molecule has 1 rings (SSSR count). The van der Waals surface area contributed by atoms with Crippen molar-refractivity contribution in [3.63, 3.8) is 0 Å². The molecule has 0 radical (unpaired) electrons. The number of hydrogen-bond donors (Lipinski definition) is 1. The van der Waals surface area contributed by atoms with E-state index < -0.39 is 0 Å². The molecule has 5 nitrogen and oxygen atoms in total. The summed E-state index contributed by atoms with van der Waals surface area (Å²) in [5.41, 5.74) is 0. The molecule has 1 aliphatic heterocycles. The predicted octanol–water partition coefficient (Wildman–Crippen LogP) is 0.270. The van der Waals surface area contributed by atoms with E-state index in [1.807, 2.05) is 4.90 Å². The van der Waals surface area contributed by atoms with Crippen LogP contribution in [0.2, 0.25) is 0 Å². The van der Waals surface area contributed by atoms with E-state index >= 15 is 0 Å². The molecule has 15 heavy (non-hydrogen) atoms. The van der Waals surface area contributed by atoms with Crippen LogP contribution >= 0.6 is 0 Å². The monoisotopic (exact) mass is 213 g/mol. The van der Waals surface area contributed by atoms with Crippen molar-refractivity contribution in [2.75, 3.05) is 33.7 Å². The second-order valence-electron chi connectivity index (χ2n) is 3.99. The molecule has 0 aromatic carbocycles. The molecule has 3 amide bonds. The van der Waals surface area contributed by atoms with Crippen LogP contribution in [0.15, 0.2) is 0 Å². The fourth-order valence-electron chi connectivity index (χ4n) is 1.56. The van der Waals surface area contributed by atoms with Crippen LogP contribution < -0.4 is 5.32 Å². The Bertz CT molecular complexity index is 235. The second kappa shape index (κ2) is 5.58. The highest BCUT2D eigenvalue weighted by Gasteiger charge is 2.16. The molecule has 0 atom stereocenters. The van der Waals surface area contributed by atoms with Crippen molar-refractivity contribution < 1.29 is 9.59 Å². The van der Waals surface area contributed by atoms with Crippen molar-refractivity contribution >= 4 is 11.9 Å². The van der Waals surface area contributed by atoms with E-state index in [0.717, 1.165) is 25.9 Å². The van der Waals surface area contributed by atoms with Crippen LogP contribution in [0, 0.1) is 0 Å². The molecular weight excluding hydrogens is 194 g/mol. The zero-order valence-electron chi connectivity index (χ0n) is 9.45. The normalized spacial score (nSPS) is 16.0. The summed E-state index contributed by atoms with van der Waals surface area (Å²) in [6.45, 7) is 1.77. The number of carbonyl (C=O) groups is 2. The standard InChI is InChI=1S/C10H19N3O2/c1-12(2)10(15)11-8-9(14)13-6-4-3-5-7-13/h3-8H2,1-2H3,(H,11,15). The highest BCUT2D eigenvalue weighted by molar-refractivity contribution is 5.83. The zero-order valence-corrected chi connectivity index (χ0v) is 9.45. The first-order valence-corrected chi connectivity index (χ1v) is 5.34. The Hall–Kier alpha value is -1.26. The molecule has 86 valence electrons. The van der Waals surface area contributed by atoms with Crippen molar-refractivity contribution in [2.45, 2.75) is 19.3 Å². The van der Waals surface area contributed by atoms with Gasteiger partial charge >= 0.3 is 6.03 Å². The van der Waals surface area contributed by atoms with E-state index in [9.17, 15) is 9.59 Å². The number of urea groups is 1. The van der Waals surface area contributed by atoms with E-state index in [0.29, 0.717) is 0 Å². The molecule has 5 heteroatoms. The average Bonchev–Trinajstić information content (AvgIpc) is 2.26. The summed E-state index contributed by atoms with van der Waals surface area (Å²) in [6.07, 6.45) is 3.36. The molecule has 0 saturated carbocycles. The predicted molar refractivity (Wildman–Crippen MR) is 57.5 cm³/mol. The highest BCUT2D eigenvalue weighted by atomic mass is 16.2. The maximum Gasteiger partial charge on any atom is 0.317 e. The lowest BCUT2D eigenvalue weighted by Crippen LogP contribution is -2.44. The number of carbonyl (C=O) groups excluding carboxylic acids is 2. The quantitative estimate of drug-likeness (QED) is 0.716. The minimum absolute atomic E-state index is 0.0184. The molecule has 1 N–H and O–H groups in total. The molecule has 0 bridgehead atoms. The van der Waals surface area contributed by atoms with Gasteiger partial charge in [-0.2, -0.15) is 0 Å². The molecule has 0 spiro atoms. The van der Waals surface area contributed by atoms with Crippen molar-refractivity contribution in [3.8, 4) is 0 Å². The van der Waals surface area contributed by atoms with E-state index in [4.69, 9.17) is 0 Å². The maximum atomic E-state index is 11.6. The number of rotatable bonds is 2. The first-order chi connectivity index (χ1) is 7.11. The van der Waals surface area contributed by atoms with Gasteiger partial charge in [0.1, 0.15) is 0 Å². The second-order valence-corrected chi connectivity index (χ2v) is 3.99. The maximum absolute atomic E-state index is 11.6. The topological polar surface area (TPSA) is 52.7 Å². The van der Waals surface area contributed by atoms with Gasteiger partial charge in [-0.3, -0.25) is 4.79 Å². The number of nitrogens with zero attached hydrogens (tertiary/aromatic N) is 2. The first kappa shape index (κ1) is 11.8. The molecule has 1 fully saturated rings. The van der Waals surface area contributed by atoms with Crippen LogP contribution in [-0.4, -0.2) is 55.5 Å². The third kappa shape index (κ3) is 3.77. The Balaban J connectivity index is 2.26. The molecule has 1 heterocycles. The van der Waals surface area contributed by atoms with Crippen LogP contribution in [0.4, 0.5) is 4.79 Å². The van der Waals surface area contributed by atoms with Gasteiger partial charge in [0.2, 0.25) is 5.91 Å². The Kier molecular flexibility index (Phi) is 4.39. The summed E-state index contributed by atoms with van der Waals surface area (Å²) >= 11 is 0. The first-order valence-electron chi connectivity index (χ1n) is 5.34. The summed E-state index contributed by atoms with van der Waals surface area (Å²) in [5.74, 6) is 0.0184. The van der Waals surface area contributed by atoms with E-state index in [1.165, 1.54) is 11.3 Å². The third-order valence-electron chi connectivity index (χ3n) is 2.51. The van der Waals surface area contributed by atoms with Crippen molar-refractivity contribution in [1.82, 2.24) is 15.1 Å². The Morgan fingerprint density at radius 3 is 2.33 bits per heavy atom. The van der Waals surface area contributed by atoms with Gasteiger partial charge in [0.15, 0.2) is 0 Å². The molecule has 0 aliphatic carbocycles. The van der Waals surface area contributed by atoms with Gasteiger partial charge in [-0.1, -0.05) is 0 Å². The van der Waals surface area contributed by atoms with Gasteiger partial charge in [-0.05, 0) is 19.3 Å². The highest BCUT2D eigenvalue weighted by Crippen LogP contribution is 2.08. The lowest BCUT2D eigenvalue weighted by molar-refractivity contribution is -0.130. The third-order valence-corrected chi connectivity index (χ3v) is 2.51. The zero-order chi connectivity index (χ0) is 11.3. The average molecular weight is 213 g/mol. The minimum Gasteiger partial charge on any atom is -0.341 e. The SMILES string of the molecule is CN(C)C(=O)NCC(=O)N1CCCCC1. The lowest BCUT2D eigenvalue weighted by Gasteiger charge is -2.27. The van der Waals surface area contributed by atoms with Gasteiger partial charge in [0, 0.05) is 27.2 Å². The van der Waals surface area contributed by atoms with E-state index in [-0.39, 0.29) is 18.5 Å². The minimum atomic E-state index is -0.222. The number of hydrogen-bond acceptors (Lipinski definition) is 2. The van der Waals surface area contributed by atoms with Crippen molar-refractivity contribution in [2.24, 2.45) is 0 Å². The number of piperidine rings is 1. The van der Waals surface area contributed by atoms with Gasteiger partial charge < -0.3 is 15.1 Å². The molecular formula is C10H19N3O2. The van der Waals surface area contributed by atoms with Gasteiger partial charge in [-0.15, -0.1) is 0 Å². The fourth-order valence-corrected chi connectivity index (χ4v) is 1.56. The molecule has 0 aromatic heterocycles. The Morgan fingerprint density at radius 1 is 1.20 bits per heavy atom. The van der Waals surface area contributed by atoms with Crippen LogP contribution in [0.1, 0.15) is 19.3 Å². The van der Waals surface area contributed by atoms with Crippen LogP contribution in [0.25, 0.3) is 0 Å². The lowest BCUT2D eigenvalue weighted by atomic mass is 10.1. The Labute approximate surface area is 90.4 Å². The summed E-state index contributed by atoms with van der Waals surface area (Å²) in [7, 11) is 3.31. The smallest absolute Gasteiger partial charge is 0.317 e. The summed E-state index contributed by atoms with van der Waals surface area (Å²) in [4.78, 5) is 26.0. The Morgan fingerprint density at radius 2 is 1.80 bits per heavy atom. The van der Waals surface area contributed by atoms with Crippen LogP contribution in [0.3, 0.4) is 0 Å². The van der Waals surface area contributed by atoms with Crippen molar-refractivity contribution in [1.29, 1.82) is 0 Å². The molecule has 0 unspecified atom stereocenters. The molecule has 0 aromatic rings. The largest absolute Gasteiger partial charge is 0.341 e. The number of nitrogens with one attached hydrogen (secondary N) is 1. The van der Waals surface area contributed by atoms with Crippen molar-refractivity contribution in [3.05, 3.63) is 0 Å². The van der Waals surface area contributed by atoms with E-state index in [2.05, 4.69) is 5.32 Å². The van der Waals surface area contributed by atoms with Crippen LogP contribution in [-0.2, 0) is 4.79 Å². The summed E-state index contributed by atoms with van der Waals surface area (Å²) in [6, 6.07) is -0.222. The molecule has 1 aliphatic rings. The van der Waals surface area contributed by atoms with Gasteiger partial charge in [0.25, 0.3) is 0 Å². The fraction of sp³-hybridized carbons (Fsp3) is 0.800. The number of amides is 3. The summed E-state index contributed by atoms with van der Waals surface area (Å²) in [5, 5.41) is 2.57. The molecule has 1 saturated heterocycles. The summed E-state index contributed by atoms with van der Waals surface area (Å²) < 4.78 is 0. The van der Waals surface area contributed by atoms with E-state index in [1.54, 1.807) is 14.1 Å². The van der Waals surface area contributed by atoms with Gasteiger partial charge in [-0.25, -0.2) is 4.79 Å². The number of likely N-dealkylation sites (tertiary alicyclic amines) is 1.